The normalized spacial score (nSPS) is 17.8. The topological polar surface area (TPSA) is 79.7 Å². The monoisotopic (exact) mass is 486 g/mol. The number of nitrogens with zero attached hydrogens (tertiary/aromatic N) is 3. The van der Waals surface area contributed by atoms with Crippen LogP contribution in [0.2, 0.25) is 0 Å². The maximum Gasteiger partial charge on any atom is 0.226 e. The lowest BCUT2D eigenvalue weighted by Gasteiger charge is -2.39. The molecule has 36 heavy (non-hydrogen) atoms. The maximum absolute atomic E-state index is 13.9. The Morgan fingerprint density at radius 3 is 2.33 bits per heavy atom. The zero-order valence-electron chi connectivity index (χ0n) is 19.9. The van der Waals surface area contributed by atoms with Gasteiger partial charge in [0.25, 0.3) is 0 Å². The van der Waals surface area contributed by atoms with Gasteiger partial charge < -0.3 is 24.3 Å². The molecule has 0 amide bonds. The third-order valence-electron chi connectivity index (χ3n) is 6.50. The maximum atomic E-state index is 13.9. The van der Waals surface area contributed by atoms with Gasteiger partial charge >= 0.3 is 0 Å². The Balaban J connectivity index is 1.62. The number of methoxy groups -OCH3 is 3. The first-order chi connectivity index (χ1) is 17.6. The number of aromatic nitrogens is 3. The number of fused-ring (bicyclic) bond motifs is 3. The number of hydrogen-bond acceptors (Lipinski definition) is 7. The van der Waals surface area contributed by atoms with Crippen LogP contribution in [0.4, 0.5) is 10.3 Å². The lowest BCUT2D eigenvalue weighted by Crippen LogP contribution is -2.32. The van der Waals surface area contributed by atoms with Crippen LogP contribution in [0.25, 0.3) is 5.70 Å². The Morgan fingerprint density at radius 1 is 0.917 bits per heavy atom. The summed E-state index contributed by atoms with van der Waals surface area (Å²) in [5, 5.41) is 7.95. The van der Waals surface area contributed by atoms with Gasteiger partial charge in [0.15, 0.2) is 11.5 Å². The Hall–Kier alpha value is -4.53. The summed E-state index contributed by atoms with van der Waals surface area (Å²) in [4.78, 5) is 4.42. The van der Waals surface area contributed by atoms with Crippen LogP contribution in [0.5, 0.6) is 23.0 Å². The molecule has 0 aliphatic carbocycles. The molecule has 6 rings (SSSR count). The summed E-state index contributed by atoms with van der Waals surface area (Å²) >= 11 is 0. The second-order valence-corrected chi connectivity index (χ2v) is 8.39. The van der Waals surface area contributed by atoms with Crippen LogP contribution in [-0.2, 0) is 0 Å². The van der Waals surface area contributed by atoms with Crippen molar-refractivity contribution in [2.45, 2.75) is 12.1 Å². The molecule has 0 unspecified atom stereocenters. The van der Waals surface area contributed by atoms with Crippen molar-refractivity contribution in [2.24, 2.45) is 0 Å². The molecule has 2 atom stereocenters. The summed E-state index contributed by atoms with van der Waals surface area (Å²) in [6.07, 6.45) is 0.946. The molecule has 0 spiro atoms. The Kier molecular flexibility index (Phi) is 5.25. The molecule has 0 fully saturated rings. The minimum Gasteiger partial charge on any atom is -0.493 e. The molecule has 8 nitrogen and oxygen atoms in total. The van der Waals surface area contributed by atoms with E-state index in [1.54, 1.807) is 38.1 Å². The van der Waals surface area contributed by atoms with Gasteiger partial charge in [0, 0.05) is 16.7 Å². The van der Waals surface area contributed by atoms with Gasteiger partial charge in [0.2, 0.25) is 11.7 Å². The van der Waals surface area contributed by atoms with E-state index in [2.05, 4.69) is 15.4 Å². The van der Waals surface area contributed by atoms with Gasteiger partial charge in [-0.25, -0.2) is 9.07 Å². The molecule has 2 aliphatic rings. The van der Waals surface area contributed by atoms with E-state index in [-0.39, 0.29) is 5.82 Å². The third kappa shape index (κ3) is 3.35. The third-order valence-corrected chi connectivity index (χ3v) is 6.50. The second-order valence-electron chi connectivity index (χ2n) is 8.39. The first kappa shape index (κ1) is 22.0. The fourth-order valence-corrected chi connectivity index (χ4v) is 4.91. The van der Waals surface area contributed by atoms with Crippen molar-refractivity contribution in [1.82, 2.24) is 14.8 Å². The molecule has 0 saturated heterocycles. The average molecular weight is 487 g/mol. The van der Waals surface area contributed by atoms with Crippen LogP contribution < -0.4 is 24.3 Å². The zero-order valence-corrected chi connectivity index (χ0v) is 19.9. The number of hydrogen-bond donors (Lipinski definition) is 1. The van der Waals surface area contributed by atoms with Gasteiger partial charge in [-0.15, -0.1) is 0 Å². The Bertz CT molecular complexity index is 1460. The molecule has 0 bridgehead atoms. The summed E-state index contributed by atoms with van der Waals surface area (Å²) in [7, 11) is 4.72. The van der Waals surface area contributed by atoms with Gasteiger partial charge in [-0.1, -0.05) is 24.3 Å². The molecule has 9 heteroatoms. The van der Waals surface area contributed by atoms with E-state index in [4.69, 9.17) is 18.9 Å². The van der Waals surface area contributed by atoms with Crippen molar-refractivity contribution in [3.63, 3.8) is 0 Å². The van der Waals surface area contributed by atoms with Gasteiger partial charge in [0.1, 0.15) is 30.0 Å². The van der Waals surface area contributed by atoms with Crippen LogP contribution in [0, 0.1) is 5.82 Å². The number of ether oxygens (including phenoxy) is 4. The summed E-state index contributed by atoms with van der Waals surface area (Å²) in [5.41, 5.74) is 4.30. The van der Waals surface area contributed by atoms with Crippen molar-refractivity contribution in [2.75, 3.05) is 26.6 Å². The molecule has 4 aromatic rings. The second kappa shape index (κ2) is 8.60. The summed E-state index contributed by atoms with van der Waals surface area (Å²) in [5.74, 6) is 2.51. The highest BCUT2D eigenvalue weighted by molar-refractivity contribution is 5.85. The van der Waals surface area contributed by atoms with Crippen LogP contribution in [0.15, 0.2) is 72.6 Å². The average Bonchev–Trinajstić information content (AvgIpc) is 3.39. The van der Waals surface area contributed by atoms with Crippen LogP contribution in [0.3, 0.4) is 0 Å². The number of nitrogens with one attached hydrogen (secondary N) is 1. The standard InChI is InChI=1S/C27H23FN4O4/c1-33-20-12-16(13-21(34-2)26(20)35-3)25-22-23(18-6-4-5-7-19(18)36-25)31-27-29-14-30-32(27)24(22)15-8-10-17(28)11-9-15/h4-14,24-25H,1-3H3,(H,29,30,31)/t24-,25-/m1/s1. The molecular formula is C27H23FN4O4. The van der Waals surface area contributed by atoms with Gasteiger partial charge in [-0.2, -0.15) is 10.1 Å². The number of para-hydroxylation sites is 1. The van der Waals surface area contributed by atoms with Gasteiger partial charge in [-0.05, 0) is 42.0 Å². The minimum atomic E-state index is -0.552. The lowest BCUT2D eigenvalue weighted by atomic mass is 9.84. The highest BCUT2D eigenvalue weighted by Gasteiger charge is 2.41. The number of halogens is 1. The fraction of sp³-hybridized carbons (Fsp3) is 0.185. The Morgan fingerprint density at radius 2 is 1.64 bits per heavy atom. The van der Waals surface area contributed by atoms with Crippen molar-refractivity contribution < 1.29 is 23.3 Å². The van der Waals surface area contributed by atoms with Crippen LogP contribution in [0.1, 0.15) is 28.8 Å². The van der Waals surface area contributed by atoms with Crippen molar-refractivity contribution in [3.8, 4) is 23.0 Å². The predicted octanol–water partition coefficient (Wildman–Crippen LogP) is 5.00. The minimum absolute atomic E-state index is 0.313. The lowest BCUT2D eigenvalue weighted by molar-refractivity contribution is 0.221. The SMILES string of the molecule is COc1cc([C@H]2Oc3ccccc3C3=C2[C@@H](c2ccc(F)cc2)n2ncnc2N3)cc(OC)c1OC. The van der Waals surface area contributed by atoms with E-state index in [9.17, 15) is 4.39 Å². The largest absolute Gasteiger partial charge is 0.493 e. The number of rotatable bonds is 5. The molecular weight excluding hydrogens is 463 g/mol. The fourth-order valence-electron chi connectivity index (χ4n) is 4.91. The summed E-state index contributed by atoms with van der Waals surface area (Å²) < 4.78 is 39.1. The first-order valence-corrected chi connectivity index (χ1v) is 11.3. The zero-order chi connectivity index (χ0) is 24.8. The summed E-state index contributed by atoms with van der Waals surface area (Å²) in [6, 6.07) is 17.6. The van der Waals surface area contributed by atoms with Crippen LogP contribution in [-0.4, -0.2) is 36.1 Å². The molecule has 1 N–H and O–H groups in total. The molecule has 0 saturated carbocycles. The van der Waals surface area contributed by atoms with Gasteiger partial charge in [0.05, 0.1) is 27.0 Å². The highest BCUT2D eigenvalue weighted by Crippen LogP contribution is 2.52. The van der Waals surface area contributed by atoms with E-state index in [1.165, 1.54) is 18.5 Å². The predicted molar refractivity (Wildman–Crippen MR) is 131 cm³/mol. The van der Waals surface area contributed by atoms with E-state index in [1.807, 2.05) is 36.4 Å². The van der Waals surface area contributed by atoms with Crippen molar-refractivity contribution in [3.05, 3.63) is 95.1 Å². The first-order valence-electron chi connectivity index (χ1n) is 11.3. The molecule has 3 aromatic carbocycles. The molecule has 0 radical (unpaired) electrons. The smallest absolute Gasteiger partial charge is 0.226 e. The number of anilines is 1. The van der Waals surface area contributed by atoms with E-state index in [0.29, 0.717) is 28.9 Å². The Labute approximate surface area is 206 Å². The number of benzene rings is 3. The quantitative estimate of drug-likeness (QED) is 0.425. The van der Waals surface area contributed by atoms with Crippen LogP contribution >= 0.6 is 0 Å². The van der Waals surface area contributed by atoms with Crippen molar-refractivity contribution in [1.29, 1.82) is 0 Å². The van der Waals surface area contributed by atoms with Crippen molar-refractivity contribution >= 4 is 11.6 Å². The molecule has 2 aliphatic heterocycles. The van der Waals surface area contributed by atoms with E-state index >= 15 is 0 Å². The van der Waals surface area contributed by atoms with E-state index in [0.717, 1.165) is 28.0 Å². The summed E-state index contributed by atoms with van der Waals surface area (Å²) in [6.45, 7) is 0. The highest BCUT2D eigenvalue weighted by atomic mass is 19.1. The molecule has 3 heterocycles. The van der Waals surface area contributed by atoms with Gasteiger partial charge in [-0.3, -0.25) is 0 Å². The molecule has 182 valence electrons. The molecule has 1 aromatic heterocycles. The van der Waals surface area contributed by atoms with E-state index < -0.39 is 12.1 Å².